The number of fused-ring (bicyclic) bond motifs is 4. The molecule has 0 unspecified atom stereocenters. The van der Waals surface area contributed by atoms with E-state index >= 15 is 0 Å². The maximum absolute atomic E-state index is 13.5. The van der Waals surface area contributed by atoms with E-state index in [1.54, 1.807) is 45.6 Å². The van der Waals surface area contributed by atoms with Gasteiger partial charge in [-0.1, -0.05) is 15.9 Å². The number of halogens is 1. The molecule has 3 atom stereocenters. The summed E-state index contributed by atoms with van der Waals surface area (Å²) < 4.78 is 17.1. The van der Waals surface area contributed by atoms with E-state index < -0.39 is 0 Å². The van der Waals surface area contributed by atoms with E-state index in [2.05, 4.69) is 26.2 Å². The van der Waals surface area contributed by atoms with Gasteiger partial charge in [-0.3, -0.25) is 9.59 Å². The molecule has 3 heterocycles. The zero-order chi connectivity index (χ0) is 26.1. The third-order valence-corrected chi connectivity index (χ3v) is 7.85. The third-order valence-electron chi connectivity index (χ3n) is 7.39. The van der Waals surface area contributed by atoms with Crippen LogP contribution in [0, 0.1) is 11.8 Å². The number of carbonyl (C=O) groups is 2. The third kappa shape index (κ3) is 4.92. The highest BCUT2D eigenvalue weighted by atomic mass is 79.9. The van der Waals surface area contributed by atoms with Crippen LogP contribution in [0.5, 0.6) is 17.2 Å². The highest BCUT2D eigenvalue weighted by Gasteiger charge is 2.45. The number of H-pyrrole nitrogens is 1. The largest absolute Gasteiger partial charge is 0.493 e. The summed E-state index contributed by atoms with van der Waals surface area (Å²) in [5.74, 6) is 1.46. The molecule has 1 aromatic heterocycles. The lowest BCUT2D eigenvalue weighted by molar-refractivity contribution is -0.140. The predicted octanol–water partition coefficient (Wildman–Crippen LogP) is 5.24. The molecular formula is C28H30BrN3O5. The van der Waals surface area contributed by atoms with Gasteiger partial charge in [-0.2, -0.15) is 0 Å². The number of nitrogens with zero attached hydrogens (tertiary/aromatic N) is 1. The molecule has 2 N–H and O–H groups in total. The van der Waals surface area contributed by atoms with Crippen molar-refractivity contribution in [3.8, 4) is 17.2 Å². The Morgan fingerprint density at radius 1 is 1.08 bits per heavy atom. The number of nitrogens with one attached hydrogen (secondary N) is 2. The van der Waals surface area contributed by atoms with Crippen molar-refractivity contribution in [2.24, 2.45) is 11.8 Å². The van der Waals surface area contributed by atoms with Crippen LogP contribution in [-0.2, 0) is 9.59 Å². The normalized spacial score (nSPS) is 20.9. The fourth-order valence-corrected chi connectivity index (χ4v) is 6.11. The Kier molecular flexibility index (Phi) is 7.15. The number of piperidine rings is 2. The van der Waals surface area contributed by atoms with Crippen molar-refractivity contribution in [2.75, 3.05) is 33.2 Å². The molecule has 2 aliphatic heterocycles. The molecule has 6 rings (SSSR count). The summed E-state index contributed by atoms with van der Waals surface area (Å²) in [5.41, 5.74) is 2.46. The van der Waals surface area contributed by atoms with E-state index in [1.807, 2.05) is 29.3 Å². The molecule has 1 aliphatic carbocycles. The van der Waals surface area contributed by atoms with Crippen LogP contribution in [-0.4, -0.2) is 55.6 Å². The summed E-state index contributed by atoms with van der Waals surface area (Å²) in [4.78, 5) is 31.8. The van der Waals surface area contributed by atoms with Crippen LogP contribution in [0.1, 0.15) is 24.8 Å². The first kappa shape index (κ1) is 25.2. The minimum absolute atomic E-state index is 0.0404. The molecule has 2 amide bonds. The smallest absolute Gasteiger partial charge is 0.246 e. The van der Waals surface area contributed by atoms with Crippen LogP contribution >= 0.6 is 15.9 Å². The van der Waals surface area contributed by atoms with Crippen molar-refractivity contribution in [1.29, 1.82) is 0 Å². The monoisotopic (exact) mass is 567 g/mol. The van der Waals surface area contributed by atoms with Gasteiger partial charge >= 0.3 is 0 Å². The fraction of sp³-hybridized carbons (Fsp3) is 0.357. The number of aromatic nitrogens is 1. The summed E-state index contributed by atoms with van der Waals surface area (Å²) in [6.45, 7) is 0.672. The van der Waals surface area contributed by atoms with E-state index in [4.69, 9.17) is 14.2 Å². The summed E-state index contributed by atoms with van der Waals surface area (Å²) >= 11 is 3.52. The van der Waals surface area contributed by atoms with Gasteiger partial charge in [0.1, 0.15) is 0 Å². The first-order valence-electron chi connectivity index (χ1n) is 12.3. The van der Waals surface area contributed by atoms with Gasteiger partial charge in [0.05, 0.1) is 32.9 Å². The van der Waals surface area contributed by atoms with E-state index in [-0.39, 0.29) is 23.8 Å². The van der Waals surface area contributed by atoms with Gasteiger partial charge in [-0.25, -0.2) is 0 Å². The second kappa shape index (κ2) is 10.5. The van der Waals surface area contributed by atoms with Gasteiger partial charge in [0.25, 0.3) is 0 Å². The van der Waals surface area contributed by atoms with Crippen molar-refractivity contribution in [3.05, 3.63) is 52.6 Å². The Morgan fingerprint density at radius 2 is 1.84 bits per heavy atom. The number of hydrogen-bond donors (Lipinski definition) is 2. The molecule has 0 spiro atoms. The van der Waals surface area contributed by atoms with Gasteiger partial charge < -0.3 is 29.4 Å². The first-order valence-corrected chi connectivity index (χ1v) is 13.1. The quantitative estimate of drug-likeness (QED) is 0.381. The van der Waals surface area contributed by atoms with Crippen LogP contribution < -0.4 is 19.5 Å². The number of methoxy groups -OCH3 is 3. The molecule has 194 valence electrons. The zero-order valence-corrected chi connectivity index (χ0v) is 22.6. The minimum Gasteiger partial charge on any atom is -0.493 e. The number of aromatic amines is 1. The highest BCUT2D eigenvalue weighted by Crippen LogP contribution is 2.41. The molecule has 8 nitrogen and oxygen atoms in total. The van der Waals surface area contributed by atoms with Gasteiger partial charge in [0.15, 0.2) is 11.5 Å². The van der Waals surface area contributed by atoms with Gasteiger partial charge in [0.2, 0.25) is 17.6 Å². The van der Waals surface area contributed by atoms with Crippen LogP contribution in [0.15, 0.2) is 47.1 Å². The Balaban J connectivity index is 1.33. The van der Waals surface area contributed by atoms with Gasteiger partial charge in [-0.15, -0.1) is 0 Å². The molecule has 3 fully saturated rings. The Bertz CT molecular complexity index is 1340. The fourth-order valence-electron chi connectivity index (χ4n) is 5.65. The molecule has 37 heavy (non-hydrogen) atoms. The number of carbonyl (C=O) groups excluding carboxylic acids is 2. The maximum atomic E-state index is 13.5. The number of ether oxygens (including phenoxy) is 3. The molecule has 9 heteroatoms. The van der Waals surface area contributed by atoms with Crippen molar-refractivity contribution < 1.29 is 23.8 Å². The van der Waals surface area contributed by atoms with Crippen molar-refractivity contribution in [2.45, 2.75) is 25.3 Å². The minimum atomic E-state index is -0.251. The lowest BCUT2D eigenvalue weighted by atomic mass is 9.72. The van der Waals surface area contributed by atoms with E-state index in [0.29, 0.717) is 29.7 Å². The summed E-state index contributed by atoms with van der Waals surface area (Å²) in [5, 5.41) is 4.09. The molecule has 2 bridgehead atoms. The highest BCUT2D eigenvalue weighted by molar-refractivity contribution is 9.10. The number of anilines is 1. The van der Waals surface area contributed by atoms with Gasteiger partial charge in [0, 0.05) is 40.2 Å². The van der Waals surface area contributed by atoms with Crippen LogP contribution in [0.3, 0.4) is 0 Å². The number of rotatable bonds is 7. The van der Waals surface area contributed by atoms with Crippen molar-refractivity contribution >= 4 is 50.4 Å². The average Bonchev–Trinajstić information content (AvgIpc) is 3.39. The molecule has 1 saturated carbocycles. The first-order chi connectivity index (χ1) is 17.9. The SMILES string of the molecule is COc1cc(/C=C/C(=O)N2C[C@H]3CC[C@H]2[C@@H](C(=O)Nc2cc(Br)cc4[nH]ccc24)C3)cc(OC)c1OC. The molecule has 2 saturated heterocycles. The number of benzene rings is 2. The lowest BCUT2D eigenvalue weighted by Crippen LogP contribution is -2.57. The molecule has 2 aromatic carbocycles. The second-order valence-corrected chi connectivity index (χ2v) is 10.4. The van der Waals surface area contributed by atoms with E-state index in [9.17, 15) is 9.59 Å². The Morgan fingerprint density at radius 3 is 2.51 bits per heavy atom. The predicted molar refractivity (Wildman–Crippen MR) is 146 cm³/mol. The summed E-state index contributed by atoms with van der Waals surface area (Å²) in [6, 6.07) is 9.31. The molecular weight excluding hydrogens is 538 g/mol. The lowest BCUT2D eigenvalue weighted by Gasteiger charge is -2.49. The zero-order valence-electron chi connectivity index (χ0n) is 21.0. The van der Waals surface area contributed by atoms with Crippen LogP contribution in [0.25, 0.3) is 17.0 Å². The number of hydrogen-bond acceptors (Lipinski definition) is 5. The average molecular weight is 568 g/mol. The van der Waals surface area contributed by atoms with Gasteiger partial charge in [-0.05, 0) is 67.2 Å². The van der Waals surface area contributed by atoms with Crippen LogP contribution in [0.4, 0.5) is 5.69 Å². The molecule has 3 aromatic rings. The Hall–Kier alpha value is -3.46. The van der Waals surface area contributed by atoms with Crippen LogP contribution in [0.2, 0.25) is 0 Å². The molecule has 3 aliphatic rings. The number of amides is 2. The molecule has 0 radical (unpaired) electrons. The maximum Gasteiger partial charge on any atom is 0.246 e. The van der Waals surface area contributed by atoms with E-state index in [0.717, 1.165) is 45.9 Å². The van der Waals surface area contributed by atoms with Crippen molar-refractivity contribution in [3.63, 3.8) is 0 Å². The summed E-state index contributed by atoms with van der Waals surface area (Å²) in [7, 11) is 4.66. The summed E-state index contributed by atoms with van der Waals surface area (Å²) in [6.07, 6.45) is 7.82. The van der Waals surface area contributed by atoms with Crippen molar-refractivity contribution in [1.82, 2.24) is 9.88 Å². The standard InChI is InChI=1S/C28H30BrN3O5/c1-35-24-11-16(12-25(36-2)27(24)37-3)5-7-26(33)32-15-17-4-6-23(32)20(10-17)28(34)31-22-14-18(29)13-21-19(22)8-9-30-21/h5,7-9,11-14,17,20,23,30H,4,6,10,15H2,1-3H3,(H,31,34)/b7-5+/t17-,20-,23-/m0/s1. The Labute approximate surface area is 224 Å². The second-order valence-electron chi connectivity index (χ2n) is 9.52. The topological polar surface area (TPSA) is 92.9 Å². The van der Waals surface area contributed by atoms with E-state index in [1.165, 1.54) is 0 Å².